The van der Waals surface area contributed by atoms with Crippen LogP contribution in [0.2, 0.25) is 0 Å². The van der Waals surface area contributed by atoms with E-state index in [1.807, 2.05) is 54.6 Å². The van der Waals surface area contributed by atoms with Gasteiger partial charge in [-0.05, 0) is 24.3 Å². The number of para-hydroxylation sites is 3. The number of rotatable bonds is 2. The second kappa shape index (κ2) is 4.35. The van der Waals surface area contributed by atoms with Crippen molar-refractivity contribution in [3.63, 3.8) is 0 Å². The average Bonchev–Trinajstić information content (AvgIpc) is 2.90. The molecule has 0 atom stereocenters. The van der Waals surface area contributed by atoms with Crippen molar-refractivity contribution >= 4 is 33.7 Å². The summed E-state index contributed by atoms with van der Waals surface area (Å²) < 4.78 is 5.67. The maximum Gasteiger partial charge on any atom is 0.300 e. The van der Waals surface area contributed by atoms with Gasteiger partial charge in [-0.3, -0.25) is 4.98 Å². The lowest BCUT2D eigenvalue weighted by molar-refractivity contribution is 0.623. The highest BCUT2D eigenvalue weighted by Gasteiger charge is 2.07. The molecular weight excluding hydrogens is 250 g/mol. The van der Waals surface area contributed by atoms with E-state index in [0.29, 0.717) is 6.01 Å². The lowest BCUT2D eigenvalue weighted by Crippen LogP contribution is -1.92. The van der Waals surface area contributed by atoms with Gasteiger partial charge in [0.25, 0.3) is 6.01 Å². The fourth-order valence-electron chi connectivity index (χ4n) is 2.25. The summed E-state index contributed by atoms with van der Waals surface area (Å²) in [6.45, 7) is 0. The first-order chi connectivity index (χ1) is 9.90. The number of nitrogens with one attached hydrogen (secondary N) is 1. The Morgan fingerprint density at radius 3 is 2.75 bits per heavy atom. The largest absolute Gasteiger partial charge is 0.423 e. The van der Waals surface area contributed by atoms with Crippen LogP contribution in [0, 0.1) is 0 Å². The van der Waals surface area contributed by atoms with Crippen molar-refractivity contribution in [3.8, 4) is 0 Å². The zero-order chi connectivity index (χ0) is 13.4. The van der Waals surface area contributed by atoms with Gasteiger partial charge in [0.05, 0.1) is 11.2 Å². The number of benzene rings is 2. The highest BCUT2D eigenvalue weighted by Crippen LogP contribution is 2.26. The van der Waals surface area contributed by atoms with E-state index in [-0.39, 0.29) is 0 Å². The predicted molar refractivity (Wildman–Crippen MR) is 79.0 cm³/mol. The SMILES string of the molecule is c1cnc2c(Nc3nc4ccccc4o3)cccc2c1. The molecule has 96 valence electrons. The molecule has 4 nitrogen and oxygen atoms in total. The van der Waals surface area contributed by atoms with Crippen LogP contribution < -0.4 is 5.32 Å². The van der Waals surface area contributed by atoms with Crippen LogP contribution in [0.5, 0.6) is 0 Å². The zero-order valence-electron chi connectivity index (χ0n) is 10.6. The molecule has 4 heteroatoms. The van der Waals surface area contributed by atoms with Gasteiger partial charge in [0.2, 0.25) is 0 Å². The molecule has 0 aliphatic carbocycles. The molecule has 0 aliphatic rings. The number of pyridine rings is 1. The number of hydrogen-bond acceptors (Lipinski definition) is 4. The lowest BCUT2D eigenvalue weighted by atomic mass is 10.2. The molecule has 0 fully saturated rings. The minimum Gasteiger partial charge on any atom is -0.423 e. The van der Waals surface area contributed by atoms with Gasteiger partial charge in [-0.2, -0.15) is 4.98 Å². The molecule has 0 unspecified atom stereocenters. The molecule has 2 aromatic carbocycles. The number of anilines is 2. The predicted octanol–water partition coefficient (Wildman–Crippen LogP) is 4.12. The Labute approximate surface area is 115 Å². The molecule has 0 amide bonds. The van der Waals surface area contributed by atoms with Gasteiger partial charge in [-0.15, -0.1) is 0 Å². The summed E-state index contributed by atoms with van der Waals surface area (Å²) in [6.07, 6.45) is 1.78. The molecule has 0 bridgehead atoms. The van der Waals surface area contributed by atoms with Gasteiger partial charge in [-0.1, -0.05) is 30.3 Å². The summed E-state index contributed by atoms with van der Waals surface area (Å²) in [5.74, 6) is 0. The van der Waals surface area contributed by atoms with E-state index in [1.54, 1.807) is 6.20 Å². The number of aromatic nitrogens is 2. The van der Waals surface area contributed by atoms with Crippen LogP contribution in [0.3, 0.4) is 0 Å². The monoisotopic (exact) mass is 261 g/mol. The van der Waals surface area contributed by atoms with E-state index in [1.165, 1.54) is 0 Å². The smallest absolute Gasteiger partial charge is 0.300 e. The molecule has 0 radical (unpaired) electrons. The second-order valence-electron chi connectivity index (χ2n) is 4.49. The van der Waals surface area contributed by atoms with E-state index in [0.717, 1.165) is 27.7 Å². The number of nitrogens with zero attached hydrogens (tertiary/aromatic N) is 2. The minimum absolute atomic E-state index is 0.476. The topological polar surface area (TPSA) is 51.0 Å². The minimum atomic E-state index is 0.476. The highest BCUT2D eigenvalue weighted by molar-refractivity contribution is 5.91. The molecule has 2 aromatic heterocycles. The first-order valence-electron chi connectivity index (χ1n) is 6.36. The molecule has 1 N–H and O–H groups in total. The van der Waals surface area contributed by atoms with Gasteiger partial charge >= 0.3 is 0 Å². The Kier molecular flexibility index (Phi) is 2.39. The van der Waals surface area contributed by atoms with Crippen LogP contribution in [0.1, 0.15) is 0 Å². The van der Waals surface area contributed by atoms with E-state index < -0.39 is 0 Å². The van der Waals surface area contributed by atoms with Crippen LogP contribution in [0.15, 0.2) is 65.2 Å². The van der Waals surface area contributed by atoms with Crippen LogP contribution in [0.4, 0.5) is 11.7 Å². The van der Waals surface area contributed by atoms with Gasteiger partial charge in [-0.25, -0.2) is 0 Å². The van der Waals surface area contributed by atoms with Crippen LogP contribution in [-0.2, 0) is 0 Å². The van der Waals surface area contributed by atoms with Crippen molar-refractivity contribution in [2.24, 2.45) is 0 Å². The van der Waals surface area contributed by atoms with Crippen molar-refractivity contribution in [1.82, 2.24) is 9.97 Å². The van der Waals surface area contributed by atoms with Crippen LogP contribution in [0.25, 0.3) is 22.0 Å². The van der Waals surface area contributed by atoms with Crippen molar-refractivity contribution in [1.29, 1.82) is 0 Å². The van der Waals surface area contributed by atoms with Gasteiger partial charge in [0.1, 0.15) is 5.52 Å². The lowest BCUT2D eigenvalue weighted by Gasteiger charge is -2.04. The third kappa shape index (κ3) is 1.78. The molecule has 4 rings (SSSR count). The number of fused-ring (bicyclic) bond motifs is 2. The zero-order valence-corrected chi connectivity index (χ0v) is 10.6. The average molecular weight is 261 g/mol. The van der Waals surface area contributed by atoms with Crippen molar-refractivity contribution < 1.29 is 4.42 Å². The van der Waals surface area contributed by atoms with Crippen molar-refractivity contribution in [2.75, 3.05) is 5.32 Å². The summed E-state index contributed by atoms with van der Waals surface area (Å²) in [5, 5.41) is 4.27. The first-order valence-corrected chi connectivity index (χ1v) is 6.36. The summed E-state index contributed by atoms with van der Waals surface area (Å²) >= 11 is 0. The maximum atomic E-state index is 5.67. The van der Waals surface area contributed by atoms with Crippen molar-refractivity contribution in [3.05, 3.63) is 60.8 Å². The molecule has 0 saturated carbocycles. The number of oxazole rings is 1. The molecule has 4 aromatic rings. The Bertz CT molecular complexity index is 860. The standard InChI is InChI=1S/C16H11N3O/c1-2-9-14-12(7-1)18-16(20-14)19-13-8-3-5-11-6-4-10-17-15(11)13/h1-10H,(H,18,19). The van der Waals surface area contributed by atoms with E-state index in [9.17, 15) is 0 Å². The summed E-state index contributed by atoms with van der Waals surface area (Å²) in [5.41, 5.74) is 3.39. The maximum absolute atomic E-state index is 5.67. The normalized spacial score (nSPS) is 11.0. The Morgan fingerprint density at radius 2 is 1.80 bits per heavy atom. The van der Waals surface area contributed by atoms with E-state index in [4.69, 9.17) is 4.42 Å². The first kappa shape index (κ1) is 11.0. The summed E-state index contributed by atoms with van der Waals surface area (Å²) in [6, 6.07) is 18.1. The van der Waals surface area contributed by atoms with Crippen molar-refractivity contribution in [2.45, 2.75) is 0 Å². The molecule has 20 heavy (non-hydrogen) atoms. The van der Waals surface area contributed by atoms with Gasteiger partial charge in [0.15, 0.2) is 5.58 Å². The Morgan fingerprint density at radius 1 is 0.900 bits per heavy atom. The second-order valence-corrected chi connectivity index (χ2v) is 4.49. The number of hydrogen-bond donors (Lipinski definition) is 1. The molecular formula is C16H11N3O. The van der Waals surface area contributed by atoms with E-state index >= 15 is 0 Å². The molecule has 0 spiro atoms. The quantitative estimate of drug-likeness (QED) is 0.589. The summed E-state index contributed by atoms with van der Waals surface area (Å²) in [4.78, 5) is 8.81. The van der Waals surface area contributed by atoms with Crippen LogP contribution >= 0.6 is 0 Å². The Hall–Kier alpha value is -2.88. The van der Waals surface area contributed by atoms with Crippen LogP contribution in [-0.4, -0.2) is 9.97 Å². The molecule has 2 heterocycles. The molecule has 0 saturated heterocycles. The fraction of sp³-hybridized carbons (Fsp3) is 0. The Balaban J connectivity index is 1.80. The third-order valence-corrected chi connectivity index (χ3v) is 3.17. The molecule has 0 aliphatic heterocycles. The third-order valence-electron chi connectivity index (χ3n) is 3.17. The van der Waals surface area contributed by atoms with Gasteiger partial charge < -0.3 is 9.73 Å². The summed E-state index contributed by atoms with van der Waals surface area (Å²) in [7, 11) is 0. The van der Waals surface area contributed by atoms with Gasteiger partial charge in [0, 0.05) is 11.6 Å². The highest BCUT2D eigenvalue weighted by atomic mass is 16.4. The fourth-order valence-corrected chi connectivity index (χ4v) is 2.25. The van der Waals surface area contributed by atoms with E-state index in [2.05, 4.69) is 15.3 Å².